The van der Waals surface area contributed by atoms with E-state index in [4.69, 9.17) is 4.74 Å². The number of nitrogens with zero attached hydrogens (tertiary/aromatic N) is 1. The Labute approximate surface area is 70.5 Å². The van der Waals surface area contributed by atoms with E-state index in [-0.39, 0.29) is 0 Å². The Morgan fingerprint density at radius 3 is 2.18 bits per heavy atom. The first-order chi connectivity index (χ1) is 4.95. The Balaban J connectivity index is 3.44. The summed E-state index contributed by atoms with van der Waals surface area (Å²) in [6.45, 7) is 11.3. The molecule has 0 N–H and O–H groups in total. The molecule has 0 fully saturated rings. The van der Waals surface area contributed by atoms with Gasteiger partial charge in [0.25, 0.3) is 0 Å². The minimum absolute atomic E-state index is 0.367. The van der Waals surface area contributed by atoms with Crippen molar-refractivity contribution in [2.45, 2.75) is 27.7 Å². The third-order valence-corrected chi connectivity index (χ3v) is 1.26. The fourth-order valence-electron chi connectivity index (χ4n) is 1.10. The van der Waals surface area contributed by atoms with Crippen molar-refractivity contribution < 1.29 is 4.74 Å². The van der Waals surface area contributed by atoms with Crippen LogP contribution < -0.4 is 0 Å². The maximum absolute atomic E-state index is 5.27. The Bertz CT molecular complexity index is 96.2. The van der Waals surface area contributed by atoms with Gasteiger partial charge in [-0.1, -0.05) is 20.8 Å². The first-order valence-electron chi connectivity index (χ1n) is 4.22. The normalized spacial score (nSPS) is 12.5. The van der Waals surface area contributed by atoms with Crippen LogP contribution in [0.3, 0.4) is 0 Å². The van der Waals surface area contributed by atoms with Crippen molar-refractivity contribution in [2.75, 3.05) is 26.9 Å². The molecule has 0 aliphatic carbocycles. The minimum Gasteiger partial charge on any atom is -0.366 e. The molecule has 0 spiro atoms. The van der Waals surface area contributed by atoms with Gasteiger partial charge >= 0.3 is 0 Å². The van der Waals surface area contributed by atoms with Crippen molar-refractivity contribution in [3.05, 3.63) is 0 Å². The van der Waals surface area contributed by atoms with Gasteiger partial charge in [-0.15, -0.1) is 0 Å². The lowest BCUT2D eigenvalue weighted by Crippen LogP contribution is -2.31. The summed E-state index contributed by atoms with van der Waals surface area (Å²) in [7, 11) is 2.08. The second-order valence-corrected chi connectivity index (χ2v) is 4.20. The van der Waals surface area contributed by atoms with Gasteiger partial charge in [-0.2, -0.15) is 0 Å². The smallest absolute Gasteiger partial charge is 0.0987 e. The van der Waals surface area contributed by atoms with Crippen molar-refractivity contribution in [3.63, 3.8) is 0 Å². The molecule has 0 aromatic carbocycles. The van der Waals surface area contributed by atoms with Crippen LogP contribution in [0.25, 0.3) is 0 Å². The number of hydrogen-bond donors (Lipinski definition) is 0. The van der Waals surface area contributed by atoms with Crippen molar-refractivity contribution in [1.82, 2.24) is 4.90 Å². The molecule has 0 bridgehead atoms. The van der Waals surface area contributed by atoms with E-state index in [1.807, 2.05) is 6.92 Å². The van der Waals surface area contributed by atoms with Crippen molar-refractivity contribution in [2.24, 2.45) is 5.41 Å². The first kappa shape index (κ1) is 10.9. The topological polar surface area (TPSA) is 12.5 Å². The summed E-state index contributed by atoms with van der Waals surface area (Å²) in [6, 6.07) is 0. The molecule has 0 rings (SSSR count). The van der Waals surface area contributed by atoms with Gasteiger partial charge in [-0.3, -0.25) is 4.90 Å². The average molecular weight is 159 g/mol. The summed E-state index contributed by atoms with van der Waals surface area (Å²) < 4.78 is 5.27. The predicted molar refractivity (Wildman–Crippen MR) is 48.6 cm³/mol. The summed E-state index contributed by atoms with van der Waals surface area (Å²) in [4.78, 5) is 2.20. The van der Waals surface area contributed by atoms with Gasteiger partial charge in [-0.25, -0.2) is 0 Å². The molecular weight excluding hydrogens is 138 g/mol. The van der Waals surface area contributed by atoms with E-state index in [1.54, 1.807) is 0 Å². The van der Waals surface area contributed by atoms with Crippen LogP contribution >= 0.6 is 0 Å². The molecule has 0 aliphatic heterocycles. The second-order valence-electron chi connectivity index (χ2n) is 4.20. The highest BCUT2D eigenvalue weighted by Crippen LogP contribution is 2.13. The zero-order chi connectivity index (χ0) is 8.91. The molecule has 68 valence electrons. The van der Waals surface area contributed by atoms with E-state index >= 15 is 0 Å². The third kappa shape index (κ3) is 7.82. The minimum atomic E-state index is 0.367. The summed E-state index contributed by atoms with van der Waals surface area (Å²) in [5.41, 5.74) is 0.367. The predicted octanol–water partition coefficient (Wildman–Crippen LogP) is 1.96. The maximum Gasteiger partial charge on any atom is 0.0987 e. The second kappa shape index (κ2) is 4.73. The molecule has 0 aromatic rings. The van der Waals surface area contributed by atoms with Crippen LogP contribution in [0.15, 0.2) is 0 Å². The highest BCUT2D eigenvalue weighted by atomic mass is 16.5. The molecule has 0 radical (unpaired) electrons. The Kier molecular flexibility index (Phi) is 4.69. The average Bonchev–Trinajstić information content (AvgIpc) is 1.79. The summed E-state index contributed by atoms with van der Waals surface area (Å²) in [5.74, 6) is 0. The van der Waals surface area contributed by atoms with Gasteiger partial charge in [0, 0.05) is 13.2 Å². The first-order valence-corrected chi connectivity index (χ1v) is 4.22. The zero-order valence-electron chi connectivity index (χ0n) is 8.48. The van der Waals surface area contributed by atoms with Gasteiger partial charge < -0.3 is 4.74 Å². The largest absolute Gasteiger partial charge is 0.366 e. The number of rotatable bonds is 4. The van der Waals surface area contributed by atoms with Crippen LogP contribution in [-0.2, 0) is 4.74 Å². The quantitative estimate of drug-likeness (QED) is 0.581. The lowest BCUT2D eigenvalue weighted by atomic mass is 9.96. The number of hydrogen-bond acceptors (Lipinski definition) is 2. The molecule has 0 unspecified atom stereocenters. The van der Waals surface area contributed by atoms with E-state index in [2.05, 4.69) is 32.7 Å². The van der Waals surface area contributed by atoms with Crippen molar-refractivity contribution >= 4 is 0 Å². The highest BCUT2D eigenvalue weighted by Gasteiger charge is 2.12. The van der Waals surface area contributed by atoms with Crippen LogP contribution in [0.1, 0.15) is 27.7 Å². The van der Waals surface area contributed by atoms with Crippen molar-refractivity contribution in [1.29, 1.82) is 0 Å². The number of ether oxygens (including phenoxy) is 1. The Hall–Kier alpha value is -0.0800. The fourth-order valence-corrected chi connectivity index (χ4v) is 1.10. The molecule has 0 saturated carbocycles. The molecule has 0 saturated heterocycles. The third-order valence-electron chi connectivity index (χ3n) is 1.26. The van der Waals surface area contributed by atoms with E-state index < -0.39 is 0 Å². The van der Waals surface area contributed by atoms with Gasteiger partial charge in [0.15, 0.2) is 0 Å². The molecule has 0 atom stereocenters. The summed E-state index contributed by atoms with van der Waals surface area (Å²) in [6.07, 6.45) is 0. The fraction of sp³-hybridized carbons (Fsp3) is 1.00. The van der Waals surface area contributed by atoms with Crippen LogP contribution in [0.4, 0.5) is 0 Å². The SMILES string of the molecule is CCOCN(C)CC(C)(C)C. The standard InChI is InChI=1S/C9H21NO/c1-6-11-8-10(5)7-9(2,3)4/h6-8H2,1-5H3. The zero-order valence-corrected chi connectivity index (χ0v) is 8.48. The van der Waals surface area contributed by atoms with Crippen LogP contribution in [0.2, 0.25) is 0 Å². The van der Waals surface area contributed by atoms with Gasteiger partial charge in [0.1, 0.15) is 0 Å². The van der Waals surface area contributed by atoms with Gasteiger partial charge in [0.2, 0.25) is 0 Å². The highest BCUT2D eigenvalue weighted by molar-refractivity contribution is 4.64. The van der Waals surface area contributed by atoms with Crippen LogP contribution in [0, 0.1) is 5.41 Å². The molecule has 2 heteroatoms. The Morgan fingerprint density at radius 2 is 1.82 bits per heavy atom. The maximum atomic E-state index is 5.27. The molecule has 0 heterocycles. The molecule has 0 aromatic heterocycles. The van der Waals surface area contributed by atoms with E-state index in [0.717, 1.165) is 19.9 Å². The lowest BCUT2D eigenvalue weighted by Gasteiger charge is -2.25. The Morgan fingerprint density at radius 1 is 1.27 bits per heavy atom. The summed E-state index contributed by atoms with van der Waals surface area (Å²) >= 11 is 0. The molecule has 11 heavy (non-hydrogen) atoms. The molecule has 0 aliphatic rings. The van der Waals surface area contributed by atoms with E-state index in [0.29, 0.717) is 5.41 Å². The molecular formula is C9H21NO. The van der Waals surface area contributed by atoms with E-state index in [9.17, 15) is 0 Å². The van der Waals surface area contributed by atoms with Gasteiger partial charge in [0.05, 0.1) is 6.73 Å². The van der Waals surface area contributed by atoms with E-state index in [1.165, 1.54) is 0 Å². The van der Waals surface area contributed by atoms with Gasteiger partial charge in [-0.05, 0) is 19.4 Å². The lowest BCUT2D eigenvalue weighted by molar-refractivity contribution is 0.0343. The molecule has 0 amide bonds. The summed E-state index contributed by atoms with van der Waals surface area (Å²) in [5, 5.41) is 0. The molecule has 2 nitrogen and oxygen atoms in total. The van der Waals surface area contributed by atoms with Crippen LogP contribution in [0.5, 0.6) is 0 Å². The van der Waals surface area contributed by atoms with Crippen LogP contribution in [-0.4, -0.2) is 31.8 Å². The monoisotopic (exact) mass is 159 g/mol. The van der Waals surface area contributed by atoms with Crippen molar-refractivity contribution in [3.8, 4) is 0 Å².